The summed E-state index contributed by atoms with van der Waals surface area (Å²) in [4.78, 5) is 16.3. The first-order valence-corrected chi connectivity index (χ1v) is 8.08. The Morgan fingerprint density at radius 3 is 2.64 bits per heavy atom. The van der Waals surface area contributed by atoms with E-state index >= 15 is 0 Å². The van der Waals surface area contributed by atoms with E-state index in [2.05, 4.69) is 15.5 Å². The minimum absolute atomic E-state index is 0.0227. The fourth-order valence-electron chi connectivity index (χ4n) is 2.46. The van der Waals surface area contributed by atoms with Crippen LogP contribution in [-0.4, -0.2) is 41.5 Å². The Bertz CT molecular complexity index is 754. The lowest BCUT2D eigenvalue weighted by molar-refractivity contribution is -0.124. The van der Waals surface area contributed by atoms with E-state index in [0.717, 1.165) is 12.8 Å². The second-order valence-corrected chi connectivity index (χ2v) is 6.03. The molecule has 1 saturated carbocycles. The maximum absolute atomic E-state index is 12.0. The molecule has 0 unspecified atom stereocenters. The number of nitrogens with zero attached hydrogens (tertiary/aromatic N) is 2. The van der Waals surface area contributed by atoms with Crippen LogP contribution in [0.2, 0.25) is 0 Å². The molecule has 0 spiro atoms. The van der Waals surface area contributed by atoms with E-state index in [1.807, 2.05) is 0 Å². The molecule has 8 heteroatoms. The maximum atomic E-state index is 12.0. The van der Waals surface area contributed by atoms with Crippen LogP contribution in [0.5, 0.6) is 11.5 Å². The number of rotatable bonds is 7. The van der Waals surface area contributed by atoms with E-state index < -0.39 is 12.1 Å². The summed E-state index contributed by atoms with van der Waals surface area (Å²) < 4.78 is 15.7. The molecule has 1 fully saturated rings. The van der Waals surface area contributed by atoms with Crippen LogP contribution in [-0.2, 0) is 4.79 Å². The van der Waals surface area contributed by atoms with Gasteiger partial charge in [-0.3, -0.25) is 4.79 Å². The van der Waals surface area contributed by atoms with Gasteiger partial charge in [0.05, 0.1) is 20.3 Å². The molecule has 1 aromatic heterocycles. The first kappa shape index (κ1) is 17.2. The van der Waals surface area contributed by atoms with E-state index in [-0.39, 0.29) is 17.7 Å². The van der Waals surface area contributed by atoms with Gasteiger partial charge in [0.1, 0.15) is 6.04 Å². The Morgan fingerprint density at radius 2 is 2.04 bits per heavy atom. The van der Waals surface area contributed by atoms with Crippen LogP contribution < -0.4 is 14.8 Å². The van der Waals surface area contributed by atoms with E-state index in [4.69, 9.17) is 14.0 Å². The normalized spacial score (nSPS) is 16.2. The van der Waals surface area contributed by atoms with E-state index in [9.17, 15) is 9.90 Å². The van der Waals surface area contributed by atoms with E-state index in [0.29, 0.717) is 22.9 Å². The third-order valence-electron chi connectivity index (χ3n) is 4.08. The quantitative estimate of drug-likeness (QED) is 0.785. The molecule has 3 rings (SSSR count). The largest absolute Gasteiger partial charge is 0.493 e. The van der Waals surface area contributed by atoms with Gasteiger partial charge >= 0.3 is 0 Å². The monoisotopic (exact) mass is 347 g/mol. The number of carbonyl (C=O) groups excluding carboxylic acids is 1. The SMILES string of the molecule is COc1ccc(-c2noc([C@H](NC(=O)C3CC3)[C@@H](C)O)n2)cc1OC. The summed E-state index contributed by atoms with van der Waals surface area (Å²) in [7, 11) is 3.10. The van der Waals surface area contributed by atoms with Crippen LogP contribution in [0.1, 0.15) is 31.7 Å². The first-order chi connectivity index (χ1) is 12.0. The van der Waals surface area contributed by atoms with Crippen LogP contribution >= 0.6 is 0 Å². The van der Waals surface area contributed by atoms with Crippen LogP contribution in [0.25, 0.3) is 11.4 Å². The number of amides is 1. The van der Waals surface area contributed by atoms with Crippen molar-refractivity contribution < 1.29 is 23.9 Å². The Balaban J connectivity index is 1.83. The zero-order valence-electron chi connectivity index (χ0n) is 14.4. The molecule has 2 atom stereocenters. The number of aliphatic hydroxyl groups excluding tert-OH is 1. The van der Waals surface area contributed by atoms with Gasteiger partial charge in [-0.2, -0.15) is 4.98 Å². The highest BCUT2D eigenvalue weighted by Gasteiger charge is 2.34. The summed E-state index contributed by atoms with van der Waals surface area (Å²) in [5.41, 5.74) is 0.672. The highest BCUT2D eigenvalue weighted by molar-refractivity contribution is 5.81. The molecule has 8 nitrogen and oxygen atoms in total. The summed E-state index contributed by atoms with van der Waals surface area (Å²) in [5, 5.41) is 16.7. The van der Waals surface area contributed by atoms with Gasteiger partial charge in [-0.1, -0.05) is 5.16 Å². The van der Waals surface area contributed by atoms with Gasteiger partial charge in [0, 0.05) is 11.5 Å². The average Bonchev–Trinajstić information content (AvgIpc) is 3.36. The molecule has 0 aliphatic heterocycles. The second kappa shape index (κ2) is 7.10. The van der Waals surface area contributed by atoms with Crippen LogP contribution in [0.4, 0.5) is 0 Å². The van der Waals surface area contributed by atoms with Crippen molar-refractivity contribution >= 4 is 5.91 Å². The topological polar surface area (TPSA) is 107 Å². The number of hydrogen-bond donors (Lipinski definition) is 2. The fraction of sp³-hybridized carbons (Fsp3) is 0.471. The summed E-state index contributed by atoms with van der Waals surface area (Å²) in [6, 6.07) is 4.50. The molecule has 2 aromatic rings. The van der Waals surface area contributed by atoms with E-state index in [1.165, 1.54) is 0 Å². The lowest BCUT2D eigenvalue weighted by atomic mass is 10.1. The lowest BCUT2D eigenvalue weighted by Crippen LogP contribution is -2.36. The molecule has 1 aliphatic carbocycles. The fourth-order valence-corrected chi connectivity index (χ4v) is 2.46. The predicted octanol–water partition coefficient (Wildman–Crippen LogP) is 1.70. The third kappa shape index (κ3) is 3.74. The van der Waals surface area contributed by atoms with Crippen LogP contribution in [0.15, 0.2) is 22.7 Å². The molecule has 1 aliphatic rings. The zero-order valence-corrected chi connectivity index (χ0v) is 14.4. The molecular weight excluding hydrogens is 326 g/mol. The summed E-state index contributed by atoms with van der Waals surface area (Å²) in [6.07, 6.45) is 0.888. The summed E-state index contributed by atoms with van der Waals surface area (Å²) in [5.74, 6) is 1.55. The Labute approximate surface area is 145 Å². The van der Waals surface area contributed by atoms with Gasteiger partial charge in [-0.25, -0.2) is 0 Å². The maximum Gasteiger partial charge on any atom is 0.252 e. The highest BCUT2D eigenvalue weighted by Crippen LogP contribution is 2.32. The predicted molar refractivity (Wildman–Crippen MR) is 88.1 cm³/mol. The molecule has 0 saturated heterocycles. The average molecular weight is 347 g/mol. The van der Waals surface area contributed by atoms with Crippen molar-refractivity contribution in [3.8, 4) is 22.9 Å². The van der Waals surface area contributed by atoms with Crippen molar-refractivity contribution in [2.75, 3.05) is 14.2 Å². The third-order valence-corrected chi connectivity index (χ3v) is 4.08. The molecular formula is C17H21N3O5. The lowest BCUT2D eigenvalue weighted by Gasteiger charge is -2.17. The second-order valence-electron chi connectivity index (χ2n) is 6.03. The van der Waals surface area contributed by atoms with Gasteiger partial charge < -0.3 is 24.4 Å². The number of methoxy groups -OCH3 is 2. The number of nitrogens with one attached hydrogen (secondary N) is 1. The molecule has 0 radical (unpaired) electrons. The zero-order chi connectivity index (χ0) is 18.0. The molecule has 0 bridgehead atoms. The van der Waals surface area contributed by atoms with Crippen molar-refractivity contribution in [1.29, 1.82) is 0 Å². The van der Waals surface area contributed by atoms with Gasteiger partial charge in [0.25, 0.3) is 5.89 Å². The molecule has 25 heavy (non-hydrogen) atoms. The Kier molecular flexibility index (Phi) is 4.89. The summed E-state index contributed by atoms with van der Waals surface area (Å²) >= 11 is 0. The van der Waals surface area contributed by atoms with Crippen molar-refractivity contribution in [3.05, 3.63) is 24.1 Å². The number of hydrogen-bond acceptors (Lipinski definition) is 7. The highest BCUT2D eigenvalue weighted by atomic mass is 16.5. The van der Waals surface area contributed by atoms with Gasteiger partial charge in [0.15, 0.2) is 11.5 Å². The number of aromatic nitrogens is 2. The number of ether oxygens (including phenoxy) is 2. The van der Waals surface area contributed by atoms with Gasteiger partial charge in [-0.15, -0.1) is 0 Å². The number of benzene rings is 1. The Hall–Kier alpha value is -2.61. The first-order valence-electron chi connectivity index (χ1n) is 8.08. The van der Waals surface area contributed by atoms with Crippen molar-refractivity contribution in [1.82, 2.24) is 15.5 Å². The minimum atomic E-state index is -0.860. The summed E-state index contributed by atoms with van der Waals surface area (Å²) in [6.45, 7) is 1.57. The standard InChI is InChI=1S/C17H21N3O5/c1-9(21)14(18-16(22)10-4-5-10)17-19-15(20-25-17)11-6-7-12(23-2)13(8-11)24-3/h6-10,14,21H,4-5H2,1-3H3,(H,18,22)/t9-,14-/m1/s1. The molecule has 134 valence electrons. The molecule has 1 heterocycles. The number of aliphatic hydroxyl groups is 1. The van der Waals surface area contributed by atoms with Gasteiger partial charge in [-0.05, 0) is 38.0 Å². The van der Waals surface area contributed by atoms with E-state index in [1.54, 1.807) is 39.3 Å². The molecule has 1 amide bonds. The van der Waals surface area contributed by atoms with Gasteiger partial charge in [0.2, 0.25) is 11.7 Å². The smallest absolute Gasteiger partial charge is 0.252 e. The van der Waals surface area contributed by atoms with Crippen molar-refractivity contribution in [2.45, 2.75) is 31.9 Å². The van der Waals surface area contributed by atoms with Crippen molar-refractivity contribution in [3.63, 3.8) is 0 Å². The molecule has 1 aromatic carbocycles. The van der Waals surface area contributed by atoms with Crippen LogP contribution in [0.3, 0.4) is 0 Å². The van der Waals surface area contributed by atoms with Crippen LogP contribution in [0, 0.1) is 5.92 Å². The van der Waals surface area contributed by atoms with Crippen molar-refractivity contribution in [2.24, 2.45) is 5.92 Å². The molecule has 2 N–H and O–H groups in total. The number of carbonyl (C=O) groups is 1. The minimum Gasteiger partial charge on any atom is -0.493 e. The Morgan fingerprint density at radius 1 is 1.32 bits per heavy atom.